The topological polar surface area (TPSA) is 58.6 Å². The summed E-state index contributed by atoms with van der Waals surface area (Å²) in [6, 6.07) is 0. The summed E-state index contributed by atoms with van der Waals surface area (Å²) in [4.78, 5) is 10.6. The number of nitrogens with one attached hydrogen (secondary N) is 1. The molecule has 1 aliphatic rings. The molecule has 1 fully saturated rings. The molecule has 1 amide bonds. The smallest absolute Gasteiger partial charge is 0.408 e. The van der Waals surface area contributed by atoms with E-state index in [4.69, 9.17) is 9.84 Å². The van der Waals surface area contributed by atoms with Crippen molar-refractivity contribution in [2.45, 2.75) is 25.5 Å². The first-order valence-electron chi connectivity index (χ1n) is 3.18. The number of carbonyl (C=O) groups is 1. The zero-order valence-corrected chi connectivity index (χ0v) is 6.05. The van der Waals surface area contributed by atoms with Gasteiger partial charge in [0.05, 0.1) is 6.61 Å². The van der Waals surface area contributed by atoms with Gasteiger partial charge >= 0.3 is 6.09 Å². The maximum atomic E-state index is 10.6. The second kappa shape index (κ2) is 2.12. The van der Waals surface area contributed by atoms with Gasteiger partial charge in [0.25, 0.3) is 0 Å². The van der Waals surface area contributed by atoms with E-state index >= 15 is 0 Å². The summed E-state index contributed by atoms with van der Waals surface area (Å²) < 4.78 is 4.76. The van der Waals surface area contributed by atoms with Crippen LogP contribution in [0.25, 0.3) is 0 Å². The van der Waals surface area contributed by atoms with Gasteiger partial charge in [0.15, 0.2) is 0 Å². The Kier molecular flexibility index (Phi) is 1.56. The molecule has 1 saturated heterocycles. The minimum absolute atomic E-state index is 0.0973. The van der Waals surface area contributed by atoms with Gasteiger partial charge in [-0.25, -0.2) is 4.79 Å². The fourth-order valence-electron chi connectivity index (χ4n) is 0.823. The van der Waals surface area contributed by atoms with Crippen molar-refractivity contribution in [1.82, 2.24) is 5.32 Å². The summed E-state index contributed by atoms with van der Waals surface area (Å²) in [6.45, 7) is 3.39. The molecule has 1 heterocycles. The average molecular weight is 145 g/mol. The number of hydrogen-bond donors (Lipinski definition) is 2. The molecule has 0 aromatic rings. The lowest BCUT2D eigenvalue weighted by Gasteiger charge is -2.22. The normalized spacial score (nSPS) is 39.1. The Morgan fingerprint density at radius 2 is 2.50 bits per heavy atom. The number of alkyl carbamates (subject to hydrolysis) is 1. The molecule has 0 spiro atoms. The third-order valence-electron chi connectivity index (χ3n) is 1.90. The molecule has 0 aromatic heterocycles. The Morgan fingerprint density at radius 1 is 1.90 bits per heavy atom. The molecular formula is C6H11NO3. The lowest BCUT2D eigenvalue weighted by molar-refractivity contribution is 0.0954. The van der Waals surface area contributed by atoms with E-state index < -0.39 is 11.6 Å². The van der Waals surface area contributed by atoms with Crippen LogP contribution in [0.3, 0.4) is 0 Å². The van der Waals surface area contributed by atoms with Gasteiger partial charge in [-0.1, -0.05) is 0 Å². The Hall–Kier alpha value is -0.770. The fourth-order valence-corrected chi connectivity index (χ4v) is 0.823. The first-order chi connectivity index (χ1) is 4.58. The van der Waals surface area contributed by atoms with E-state index in [1.807, 2.05) is 0 Å². The maximum Gasteiger partial charge on any atom is 0.408 e. The lowest BCUT2D eigenvalue weighted by atomic mass is 9.99. The summed E-state index contributed by atoms with van der Waals surface area (Å²) in [5.74, 6) is 0. The Balaban J connectivity index is 2.70. The van der Waals surface area contributed by atoms with E-state index in [0.29, 0.717) is 0 Å². The molecule has 2 N–H and O–H groups in total. The second-order valence-corrected chi connectivity index (χ2v) is 2.75. The highest BCUT2D eigenvalue weighted by atomic mass is 16.6. The van der Waals surface area contributed by atoms with Gasteiger partial charge < -0.3 is 15.2 Å². The van der Waals surface area contributed by atoms with E-state index in [1.165, 1.54) is 0 Å². The number of rotatable bonds is 1. The van der Waals surface area contributed by atoms with Crippen LogP contribution in [0.4, 0.5) is 4.79 Å². The predicted molar refractivity (Wildman–Crippen MR) is 34.6 cm³/mol. The SMILES string of the molecule is C[C@@H]1OC(=O)N[C@]1(C)CO. The van der Waals surface area contributed by atoms with Crippen molar-refractivity contribution in [3.05, 3.63) is 0 Å². The molecule has 0 aliphatic carbocycles. The van der Waals surface area contributed by atoms with Gasteiger partial charge in [-0.05, 0) is 13.8 Å². The lowest BCUT2D eigenvalue weighted by Crippen LogP contribution is -2.47. The van der Waals surface area contributed by atoms with Crippen LogP contribution in [-0.4, -0.2) is 29.4 Å². The minimum Gasteiger partial charge on any atom is -0.444 e. The summed E-state index contributed by atoms with van der Waals surface area (Å²) in [5.41, 5.74) is -0.600. The van der Waals surface area contributed by atoms with Crippen LogP contribution in [0.15, 0.2) is 0 Å². The van der Waals surface area contributed by atoms with Crippen molar-refractivity contribution in [3.63, 3.8) is 0 Å². The first-order valence-corrected chi connectivity index (χ1v) is 3.18. The van der Waals surface area contributed by atoms with E-state index in [9.17, 15) is 4.79 Å². The molecule has 0 radical (unpaired) electrons. The molecule has 1 rings (SSSR count). The molecule has 0 aromatic carbocycles. The van der Waals surface area contributed by atoms with Crippen molar-refractivity contribution < 1.29 is 14.6 Å². The minimum atomic E-state index is -0.600. The van der Waals surface area contributed by atoms with E-state index in [0.717, 1.165) is 0 Å². The Bertz CT molecular complexity index is 159. The number of aliphatic hydroxyl groups is 1. The van der Waals surface area contributed by atoms with Crippen molar-refractivity contribution in [1.29, 1.82) is 0 Å². The fraction of sp³-hybridized carbons (Fsp3) is 0.833. The molecule has 0 bridgehead atoms. The van der Waals surface area contributed by atoms with Crippen LogP contribution in [0, 0.1) is 0 Å². The van der Waals surface area contributed by atoms with Gasteiger partial charge in [-0.3, -0.25) is 0 Å². The summed E-state index contributed by atoms with van der Waals surface area (Å²) >= 11 is 0. The van der Waals surface area contributed by atoms with Crippen molar-refractivity contribution in [3.8, 4) is 0 Å². The van der Waals surface area contributed by atoms with Gasteiger partial charge in [0, 0.05) is 0 Å². The molecule has 0 unspecified atom stereocenters. The molecule has 10 heavy (non-hydrogen) atoms. The number of cyclic esters (lactones) is 1. The van der Waals surface area contributed by atoms with Gasteiger partial charge in [-0.2, -0.15) is 0 Å². The van der Waals surface area contributed by atoms with Gasteiger partial charge in [0.1, 0.15) is 11.6 Å². The van der Waals surface area contributed by atoms with Crippen LogP contribution in [0.1, 0.15) is 13.8 Å². The summed E-state index contributed by atoms with van der Waals surface area (Å²) in [7, 11) is 0. The molecule has 4 heteroatoms. The van der Waals surface area contributed by atoms with Crippen molar-refractivity contribution in [2.24, 2.45) is 0 Å². The quantitative estimate of drug-likeness (QED) is 0.540. The van der Waals surface area contributed by atoms with Crippen LogP contribution >= 0.6 is 0 Å². The highest BCUT2D eigenvalue weighted by Gasteiger charge is 2.41. The van der Waals surface area contributed by atoms with Crippen LogP contribution in [0.2, 0.25) is 0 Å². The Morgan fingerprint density at radius 3 is 2.70 bits per heavy atom. The van der Waals surface area contributed by atoms with E-state index in [2.05, 4.69) is 5.32 Å². The number of carbonyl (C=O) groups excluding carboxylic acids is 1. The molecular weight excluding hydrogens is 134 g/mol. The number of hydrogen-bond acceptors (Lipinski definition) is 3. The van der Waals surface area contributed by atoms with Crippen molar-refractivity contribution in [2.75, 3.05) is 6.61 Å². The zero-order chi connectivity index (χ0) is 7.78. The zero-order valence-electron chi connectivity index (χ0n) is 6.05. The number of amides is 1. The maximum absolute atomic E-state index is 10.6. The van der Waals surface area contributed by atoms with E-state index in [-0.39, 0.29) is 12.7 Å². The molecule has 58 valence electrons. The highest BCUT2D eigenvalue weighted by molar-refractivity contribution is 5.71. The monoisotopic (exact) mass is 145 g/mol. The number of aliphatic hydroxyl groups excluding tert-OH is 1. The predicted octanol–water partition coefficient (Wildman–Crippen LogP) is -0.134. The first kappa shape index (κ1) is 7.34. The molecule has 0 saturated carbocycles. The summed E-state index contributed by atoms with van der Waals surface area (Å²) in [6.07, 6.45) is -0.714. The van der Waals surface area contributed by atoms with Gasteiger partial charge in [-0.15, -0.1) is 0 Å². The van der Waals surface area contributed by atoms with Crippen LogP contribution < -0.4 is 5.32 Å². The standard InChI is InChI=1S/C6H11NO3/c1-4-6(2,3-8)7-5(9)10-4/h4,8H,3H2,1-2H3,(H,7,9)/t4-,6+/m0/s1. The third-order valence-corrected chi connectivity index (χ3v) is 1.90. The highest BCUT2D eigenvalue weighted by Crippen LogP contribution is 2.18. The Labute approximate surface area is 59.2 Å². The molecule has 2 atom stereocenters. The third kappa shape index (κ3) is 0.945. The largest absolute Gasteiger partial charge is 0.444 e. The number of ether oxygens (including phenoxy) is 1. The summed E-state index contributed by atoms with van der Waals surface area (Å²) in [5, 5.41) is 11.3. The van der Waals surface area contributed by atoms with Crippen molar-refractivity contribution >= 4 is 6.09 Å². The van der Waals surface area contributed by atoms with Crippen LogP contribution in [0.5, 0.6) is 0 Å². The average Bonchev–Trinajstić information content (AvgIpc) is 2.09. The van der Waals surface area contributed by atoms with Crippen LogP contribution in [-0.2, 0) is 4.74 Å². The molecule has 1 aliphatic heterocycles. The second-order valence-electron chi connectivity index (χ2n) is 2.75. The van der Waals surface area contributed by atoms with E-state index in [1.54, 1.807) is 13.8 Å². The van der Waals surface area contributed by atoms with Gasteiger partial charge in [0.2, 0.25) is 0 Å². The molecule has 4 nitrogen and oxygen atoms in total.